The number of halogens is 6. The highest BCUT2D eigenvalue weighted by Gasteiger charge is 2.52. The second-order valence-electron chi connectivity index (χ2n) is 1.90. The predicted octanol–water partition coefficient (Wildman–Crippen LogP) is 3.32. The molecule has 0 fully saturated rings. The van der Waals surface area contributed by atoms with Crippen LogP contribution in [0.25, 0.3) is 0 Å². The summed E-state index contributed by atoms with van der Waals surface area (Å²) < 4.78 is 37.6. The summed E-state index contributed by atoms with van der Waals surface area (Å²) in [4.78, 5) is 0. The van der Waals surface area contributed by atoms with Crippen molar-refractivity contribution in [1.82, 2.24) is 0 Å². The molecule has 0 aromatic carbocycles. The van der Waals surface area contributed by atoms with Crippen LogP contribution in [0.2, 0.25) is 0 Å². The van der Waals surface area contributed by atoms with Gasteiger partial charge in [-0.05, 0) is 6.92 Å². The summed E-state index contributed by atoms with van der Waals surface area (Å²) in [5.41, 5.74) is 0. The molecule has 0 aromatic rings. The molecule has 0 aliphatic rings. The van der Waals surface area contributed by atoms with Crippen molar-refractivity contribution in [1.29, 1.82) is 0 Å². The zero-order valence-corrected chi connectivity index (χ0v) is 8.23. The van der Waals surface area contributed by atoms with E-state index in [-0.39, 0.29) is 6.61 Å². The van der Waals surface area contributed by atoms with Crippen LogP contribution in [0.5, 0.6) is 0 Å². The summed E-state index contributed by atoms with van der Waals surface area (Å²) in [7, 11) is 0. The maximum absolute atomic E-state index is 11.9. The summed E-state index contributed by atoms with van der Waals surface area (Å²) in [6.07, 6.45) is -4.68. The van der Waals surface area contributed by atoms with Gasteiger partial charge in [-0.2, -0.15) is 13.2 Å². The first-order valence-corrected chi connectivity index (χ1v) is 4.13. The van der Waals surface area contributed by atoms with Crippen LogP contribution in [-0.2, 0) is 4.74 Å². The average Bonchev–Trinajstić information content (AvgIpc) is 1.84. The molecule has 1 unspecified atom stereocenters. The zero-order valence-electron chi connectivity index (χ0n) is 5.96. The quantitative estimate of drug-likeness (QED) is 0.693. The third-order valence-electron chi connectivity index (χ3n) is 0.919. The summed E-state index contributed by atoms with van der Waals surface area (Å²) in [5.74, 6) is 0. The first-order valence-electron chi connectivity index (χ1n) is 2.94. The molecular formula is C5H6Cl3F3O. The summed E-state index contributed by atoms with van der Waals surface area (Å²) >= 11 is 15.2. The van der Waals surface area contributed by atoms with Crippen LogP contribution >= 0.6 is 34.8 Å². The van der Waals surface area contributed by atoms with Crippen molar-refractivity contribution < 1.29 is 17.9 Å². The lowest BCUT2D eigenvalue weighted by molar-refractivity contribution is -0.151. The van der Waals surface area contributed by atoms with E-state index >= 15 is 0 Å². The number of hydrogen-bond acceptors (Lipinski definition) is 1. The van der Waals surface area contributed by atoms with Crippen molar-refractivity contribution in [3.8, 4) is 0 Å². The minimum absolute atomic E-state index is 0.0493. The lowest BCUT2D eigenvalue weighted by Crippen LogP contribution is -2.41. The van der Waals surface area contributed by atoms with E-state index in [0.29, 0.717) is 0 Å². The lowest BCUT2D eigenvalue weighted by atomic mass is 10.4. The van der Waals surface area contributed by atoms with Crippen molar-refractivity contribution in [2.75, 3.05) is 6.61 Å². The van der Waals surface area contributed by atoms with E-state index in [1.54, 1.807) is 0 Å². The van der Waals surface area contributed by atoms with Gasteiger partial charge in [0.15, 0.2) is 5.38 Å². The molecule has 12 heavy (non-hydrogen) atoms. The minimum atomic E-state index is -4.68. The van der Waals surface area contributed by atoms with Crippen LogP contribution in [0.15, 0.2) is 0 Å². The Labute approximate surface area is 82.7 Å². The van der Waals surface area contributed by atoms with Crippen LogP contribution in [0.3, 0.4) is 0 Å². The Morgan fingerprint density at radius 1 is 1.33 bits per heavy atom. The Kier molecular flexibility index (Phi) is 4.44. The van der Waals surface area contributed by atoms with Crippen LogP contribution < -0.4 is 0 Å². The monoisotopic (exact) mass is 244 g/mol. The molecule has 1 nitrogen and oxygen atoms in total. The Morgan fingerprint density at radius 2 is 1.75 bits per heavy atom. The molecule has 0 radical (unpaired) electrons. The average molecular weight is 245 g/mol. The molecule has 0 saturated heterocycles. The molecule has 0 bridgehead atoms. The summed E-state index contributed by atoms with van der Waals surface area (Å²) in [6, 6.07) is 0. The molecule has 0 spiro atoms. The normalized spacial score (nSPS) is 16.2. The van der Waals surface area contributed by atoms with E-state index in [4.69, 9.17) is 34.8 Å². The lowest BCUT2D eigenvalue weighted by Gasteiger charge is -2.26. The number of rotatable bonds is 3. The highest BCUT2D eigenvalue weighted by molar-refractivity contribution is 6.51. The van der Waals surface area contributed by atoms with Gasteiger partial charge in [0.25, 0.3) is 0 Å². The third kappa shape index (κ3) is 3.56. The van der Waals surface area contributed by atoms with Gasteiger partial charge in [0.1, 0.15) is 0 Å². The van der Waals surface area contributed by atoms with Crippen molar-refractivity contribution >= 4 is 34.8 Å². The van der Waals surface area contributed by atoms with E-state index in [9.17, 15) is 13.2 Å². The molecule has 0 saturated carbocycles. The Hall–Kier alpha value is 0.620. The van der Waals surface area contributed by atoms with Gasteiger partial charge in [-0.15, -0.1) is 11.6 Å². The molecule has 74 valence electrons. The van der Waals surface area contributed by atoms with E-state index in [1.165, 1.54) is 6.92 Å². The van der Waals surface area contributed by atoms with Gasteiger partial charge in [0.05, 0.1) is 0 Å². The summed E-state index contributed by atoms with van der Waals surface area (Å²) in [6.45, 7) is 1.41. The first kappa shape index (κ1) is 12.6. The first-order chi connectivity index (χ1) is 5.22. The Balaban J connectivity index is 4.34. The molecule has 0 aliphatic heterocycles. The number of hydrogen-bond donors (Lipinski definition) is 0. The minimum Gasteiger partial charge on any atom is -0.345 e. The third-order valence-corrected chi connectivity index (χ3v) is 2.35. The van der Waals surface area contributed by atoms with E-state index in [0.717, 1.165) is 0 Å². The molecule has 7 heteroatoms. The van der Waals surface area contributed by atoms with Gasteiger partial charge < -0.3 is 4.74 Å². The Bertz CT molecular complexity index is 147. The second-order valence-corrected chi connectivity index (χ2v) is 3.65. The molecular weight excluding hydrogens is 239 g/mol. The van der Waals surface area contributed by atoms with Gasteiger partial charge in [-0.1, -0.05) is 23.2 Å². The topological polar surface area (TPSA) is 9.23 Å². The Morgan fingerprint density at radius 3 is 2.00 bits per heavy atom. The SMILES string of the molecule is CCOC(Cl)(Cl)C(Cl)C(F)(F)F. The molecule has 0 aromatic heterocycles. The second kappa shape index (κ2) is 4.22. The van der Waals surface area contributed by atoms with Crippen LogP contribution in [-0.4, -0.2) is 22.7 Å². The number of alkyl halides is 6. The van der Waals surface area contributed by atoms with Crippen molar-refractivity contribution in [2.24, 2.45) is 0 Å². The van der Waals surface area contributed by atoms with Crippen molar-refractivity contribution in [3.05, 3.63) is 0 Å². The van der Waals surface area contributed by atoms with Crippen LogP contribution in [0.4, 0.5) is 13.2 Å². The maximum atomic E-state index is 11.9. The van der Waals surface area contributed by atoms with E-state index in [2.05, 4.69) is 4.74 Å². The highest BCUT2D eigenvalue weighted by atomic mass is 35.5. The maximum Gasteiger partial charge on any atom is 0.410 e. The van der Waals surface area contributed by atoms with Gasteiger partial charge in [0, 0.05) is 6.61 Å². The molecule has 0 aliphatic carbocycles. The van der Waals surface area contributed by atoms with Gasteiger partial charge in [0.2, 0.25) is 4.52 Å². The predicted molar refractivity (Wildman–Crippen MR) is 41.8 cm³/mol. The van der Waals surface area contributed by atoms with Crippen molar-refractivity contribution in [3.63, 3.8) is 0 Å². The van der Waals surface area contributed by atoms with E-state index < -0.39 is 16.1 Å². The van der Waals surface area contributed by atoms with Gasteiger partial charge in [-0.25, -0.2) is 0 Å². The van der Waals surface area contributed by atoms with Crippen LogP contribution in [0.1, 0.15) is 6.92 Å². The summed E-state index contributed by atoms with van der Waals surface area (Å²) in [5, 5.41) is -2.44. The fourth-order valence-electron chi connectivity index (χ4n) is 0.456. The fourth-order valence-corrected chi connectivity index (χ4v) is 0.985. The molecule has 0 N–H and O–H groups in total. The van der Waals surface area contributed by atoms with Crippen LogP contribution in [0, 0.1) is 0 Å². The fraction of sp³-hybridized carbons (Fsp3) is 1.00. The molecule has 0 heterocycles. The highest BCUT2D eigenvalue weighted by Crippen LogP contribution is 2.40. The molecule has 0 rings (SSSR count). The van der Waals surface area contributed by atoms with Crippen molar-refractivity contribution in [2.45, 2.75) is 23.0 Å². The smallest absolute Gasteiger partial charge is 0.345 e. The standard InChI is InChI=1S/C5H6Cl3F3O/c1-2-12-4(7,8)3(6)5(9,10)11/h3H,2H2,1H3. The van der Waals surface area contributed by atoms with Gasteiger partial charge in [-0.3, -0.25) is 0 Å². The molecule has 1 atom stereocenters. The molecule has 0 amide bonds. The van der Waals surface area contributed by atoms with Gasteiger partial charge >= 0.3 is 6.18 Å². The zero-order chi connectivity index (χ0) is 9.99. The number of ether oxygens (including phenoxy) is 1. The largest absolute Gasteiger partial charge is 0.410 e. The van der Waals surface area contributed by atoms with E-state index in [1.807, 2.05) is 0 Å².